The third-order valence-corrected chi connectivity index (χ3v) is 4.92. The Hall–Kier alpha value is -2.34. The molecule has 2 aromatic rings. The molecule has 3 rings (SSSR count). The second-order valence-corrected chi connectivity index (χ2v) is 6.74. The van der Waals surface area contributed by atoms with Gasteiger partial charge in [-0.05, 0) is 44.9 Å². The lowest BCUT2D eigenvalue weighted by molar-refractivity contribution is 0.0143. The predicted octanol–water partition coefficient (Wildman–Crippen LogP) is 3.26. The zero-order chi connectivity index (χ0) is 18.1. The Balaban J connectivity index is 1.88. The molecule has 1 N–H and O–H groups in total. The van der Waals surface area contributed by atoms with Crippen molar-refractivity contribution in [2.24, 2.45) is 7.05 Å². The number of hydrogen-bond donors (Lipinski definition) is 1. The van der Waals surface area contributed by atoms with Gasteiger partial charge in [0.15, 0.2) is 0 Å². The van der Waals surface area contributed by atoms with Crippen LogP contribution in [0.15, 0.2) is 18.2 Å². The second kappa shape index (κ2) is 6.88. The minimum absolute atomic E-state index is 0.0929. The maximum Gasteiger partial charge on any atom is 0.322 e. The van der Waals surface area contributed by atoms with E-state index in [-0.39, 0.29) is 12.1 Å². The largest absolute Gasteiger partial charge is 0.377 e. The normalized spacial score (nSPS) is 17.6. The molecule has 25 heavy (non-hydrogen) atoms. The molecule has 2 heterocycles. The fraction of sp³-hybridized carbons (Fsp3) is 0.474. The second-order valence-electron chi connectivity index (χ2n) is 6.74. The number of nitrogens with zero attached hydrogens (tertiary/aromatic N) is 3. The first-order valence-corrected chi connectivity index (χ1v) is 8.61. The number of carbonyl (C=O) groups excluding carboxylic acids is 1. The number of carbonyl (C=O) groups is 1. The summed E-state index contributed by atoms with van der Waals surface area (Å²) in [5, 5.41) is 7.56. The number of ether oxygens (including phenoxy) is 1. The first-order chi connectivity index (χ1) is 11.9. The summed E-state index contributed by atoms with van der Waals surface area (Å²) in [5.74, 6) is 0. The van der Waals surface area contributed by atoms with E-state index in [4.69, 9.17) is 4.74 Å². The van der Waals surface area contributed by atoms with Crippen LogP contribution in [0.3, 0.4) is 0 Å². The van der Waals surface area contributed by atoms with Gasteiger partial charge in [-0.1, -0.05) is 12.1 Å². The Bertz CT molecular complexity index is 797. The SMILES string of the molecule is Cc1ccc(C)c(NC(=O)N2CCOC[C@@H]2c2c(C)nn(C)c2C)c1. The summed E-state index contributed by atoms with van der Waals surface area (Å²) in [5.41, 5.74) is 6.13. The van der Waals surface area contributed by atoms with Gasteiger partial charge in [-0.2, -0.15) is 5.10 Å². The van der Waals surface area contributed by atoms with Gasteiger partial charge in [0.2, 0.25) is 0 Å². The molecule has 1 atom stereocenters. The zero-order valence-electron chi connectivity index (χ0n) is 15.6. The van der Waals surface area contributed by atoms with E-state index in [9.17, 15) is 4.79 Å². The first-order valence-electron chi connectivity index (χ1n) is 8.61. The van der Waals surface area contributed by atoms with Crippen LogP contribution >= 0.6 is 0 Å². The summed E-state index contributed by atoms with van der Waals surface area (Å²) < 4.78 is 7.53. The van der Waals surface area contributed by atoms with Crippen LogP contribution in [0.5, 0.6) is 0 Å². The quantitative estimate of drug-likeness (QED) is 0.911. The van der Waals surface area contributed by atoms with Crippen LogP contribution in [-0.4, -0.2) is 40.5 Å². The molecule has 0 unspecified atom stereocenters. The average Bonchev–Trinajstić information content (AvgIpc) is 2.83. The molecule has 0 spiro atoms. The van der Waals surface area contributed by atoms with Gasteiger partial charge in [0.05, 0.1) is 24.9 Å². The zero-order valence-corrected chi connectivity index (χ0v) is 15.6. The van der Waals surface area contributed by atoms with E-state index in [1.54, 1.807) is 0 Å². The topological polar surface area (TPSA) is 59.4 Å². The van der Waals surface area contributed by atoms with Crippen molar-refractivity contribution in [2.45, 2.75) is 33.7 Å². The molecule has 0 bridgehead atoms. The van der Waals surface area contributed by atoms with Gasteiger partial charge < -0.3 is 15.0 Å². The number of amides is 2. The molecule has 1 aromatic carbocycles. The number of anilines is 1. The van der Waals surface area contributed by atoms with E-state index in [2.05, 4.69) is 10.4 Å². The molecule has 0 saturated carbocycles. The third kappa shape index (κ3) is 3.39. The summed E-state index contributed by atoms with van der Waals surface area (Å²) in [7, 11) is 1.93. The van der Waals surface area contributed by atoms with E-state index in [1.807, 2.05) is 62.5 Å². The van der Waals surface area contributed by atoms with Gasteiger partial charge in [0.1, 0.15) is 0 Å². The number of rotatable bonds is 2. The molecular weight excluding hydrogens is 316 g/mol. The molecule has 0 aliphatic carbocycles. The van der Waals surface area contributed by atoms with E-state index in [0.29, 0.717) is 19.8 Å². The van der Waals surface area contributed by atoms with Crippen LogP contribution in [0.25, 0.3) is 0 Å². The summed E-state index contributed by atoms with van der Waals surface area (Å²) in [6.45, 7) is 9.65. The predicted molar refractivity (Wildman–Crippen MR) is 97.9 cm³/mol. The molecule has 1 aliphatic rings. The van der Waals surface area contributed by atoms with E-state index >= 15 is 0 Å². The molecule has 1 aromatic heterocycles. The number of benzene rings is 1. The number of hydrogen-bond acceptors (Lipinski definition) is 3. The first kappa shape index (κ1) is 17.5. The highest BCUT2D eigenvalue weighted by Gasteiger charge is 2.32. The minimum Gasteiger partial charge on any atom is -0.377 e. The maximum atomic E-state index is 13.0. The highest BCUT2D eigenvalue weighted by atomic mass is 16.5. The molecule has 2 amide bonds. The molecule has 134 valence electrons. The van der Waals surface area contributed by atoms with Crippen molar-refractivity contribution in [3.8, 4) is 0 Å². The van der Waals surface area contributed by atoms with Gasteiger partial charge in [-0.3, -0.25) is 4.68 Å². The van der Waals surface area contributed by atoms with Crippen LogP contribution < -0.4 is 5.32 Å². The van der Waals surface area contributed by atoms with Crippen molar-refractivity contribution < 1.29 is 9.53 Å². The Kier molecular flexibility index (Phi) is 4.81. The van der Waals surface area contributed by atoms with Crippen molar-refractivity contribution in [3.05, 3.63) is 46.3 Å². The summed E-state index contributed by atoms with van der Waals surface area (Å²) >= 11 is 0. The lowest BCUT2D eigenvalue weighted by Gasteiger charge is -2.36. The summed E-state index contributed by atoms with van der Waals surface area (Å²) in [4.78, 5) is 14.8. The molecule has 0 radical (unpaired) electrons. The fourth-order valence-electron chi connectivity index (χ4n) is 3.42. The van der Waals surface area contributed by atoms with Crippen molar-refractivity contribution in [1.82, 2.24) is 14.7 Å². The minimum atomic E-state index is -0.118. The van der Waals surface area contributed by atoms with Crippen LogP contribution in [0.1, 0.15) is 34.1 Å². The van der Waals surface area contributed by atoms with E-state index < -0.39 is 0 Å². The highest BCUT2D eigenvalue weighted by molar-refractivity contribution is 5.90. The van der Waals surface area contributed by atoms with Gasteiger partial charge in [0, 0.05) is 30.5 Å². The smallest absolute Gasteiger partial charge is 0.322 e. The van der Waals surface area contributed by atoms with Crippen LogP contribution in [0, 0.1) is 27.7 Å². The van der Waals surface area contributed by atoms with Gasteiger partial charge in [-0.15, -0.1) is 0 Å². The van der Waals surface area contributed by atoms with E-state index in [0.717, 1.165) is 33.8 Å². The lowest BCUT2D eigenvalue weighted by Crippen LogP contribution is -2.45. The molecule has 1 fully saturated rings. The van der Waals surface area contributed by atoms with Gasteiger partial charge in [-0.25, -0.2) is 4.79 Å². The molecule has 1 aliphatic heterocycles. The molecular formula is C19H26N4O2. The number of morpholine rings is 1. The number of nitrogens with one attached hydrogen (secondary N) is 1. The number of aryl methyl sites for hydroxylation is 4. The third-order valence-electron chi connectivity index (χ3n) is 4.92. The lowest BCUT2D eigenvalue weighted by atomic mass is 10.0. The Morgan fingerprint density at radius 3 is 2.72 bits per heavy atom. The number of urea groups is 1. The van der Waals surface area contributed by atoms with Crippen molar-refractivity contribution >= 4 is 11.7 Å². The van der Waals surface area contributed by atoms with Crippen LogP contribution in [0.2, 0.25) is 0 Å². The Labute approximate surface area is 148 Å². The fourth-order valence-corrected chi connectivity index (χ4v) is 3.42. The van der Waals surface area contributed by atoms with Crippen LogP contribution in [-0.2, 0) is 11.8 Å². The van der Waals surface area contributed by atoms with Gasteiger partial charge in [0.25, 0.3) is 0 Å². The summed E-state index contributed by atoms with van der Waals surface area (Å²) in [6, 6.07) is 5.86. The van der Waals surface area contributed by atoms with Gasteiger partial charge >= 0.3 is 6.03 Å². The number of aromatic nitrogens is 2. The van der Waals surface area contributed by atoms with Crippen molar-refractivity contribution in [2.75, 3.05) is 25.1 Å². The molecule has 1 saturated heterocycles. The molecule has 6 heteroatoms. The van der Waals surface area contributed by atoms with E-state index in [1.165, 1.54) is 0 Å². The standard InChI is InChI=1S/C19H26N4O2/c1-12-6-7-13(2)16(10-12)20-19(24)23-8-9-25-11-17(23)18-14(3)21-22(5)15(18)4/h6-7,10,17H,8-9,11H2,1-5H3,(H,20,24)/t17-/m1/s1. The Morgan fingerprint density at radius 2 is 2.04 bits per heavy atom. The monoisotopic (exact) mass is 342 g/mol. The Morgan fingerprint density at radius 1 is 1.28 bits per heavy atom. The van der Waals surface area contributed by atoms with Crippen molar-refractivity contribution in [3.63, 3.8) is 0 Å². The van der Waals surface area contributed by atoms with Crippen molar-refractivity contribution in [1.29, 1.82) is 0 Å². The summed E-state index contributed by atoms with van der Waals surface area (Å²) in [6.07, 6.45) is 0. The maximum absolute atomic E-state index is 13.0. The highest BCUT2D eigenvalue weighted by Crippen LogP contribution is 2.30. The average molecular weight is 342 g/mol. The van der Waals surface area contributed by atoms with Crippen LogP contribution in [0.4, 0.5) is 10.5 Å². The molecule has 6 nitrogen and oxygen atoms in total.